The fourth-order valence-corrected chi connectivity index (χ4v) is 2.31. The lowest BCUT2D eigenvalue weighted by molar-refractivity contribution is 0.00578. The number of hydrogen-bond acceptors (Lipinski definition) is 4. The third-order valence-electron chi connectivity index (χ3n) is 4.34. The van der Waals surface area contributed by atoms with Crippen LogP contribution in [0.3, 0.4) is 0 Å². The average molecular weight is 318 g/mol. The summed E-state index contributed by atoms with van der Waals surface area (Å²) in [6.45, 7) is 8.47. The van der Waals surface area contributed by atoms with Crippen molar-refractivity contribution in [1.82, 2.24) is 0 Å². The van der Waals surface area contributed by atoms with E-state index in [1.54, 1.807) is 0 Å². The molecule has 1 aromatic rings. The second-order valence-electron chi connectivity index (χ2n) is 6.50. The summed E-state index contributed by atoms with van der Waals surface area (Å²) in [7, 11) is -0.426. The third kappa shape index (κ3) is 3.41. The van der Waals surface area contributed by atoms with Gasteiger partial charge in [-0.1, -0.05) is 42.6 Å². The maximum absolute atomic E-state index is 6.04. The van der Waals surface area contributed by atoms with Gasteiger partial charge in [-0.15, -0.1) is 0 Å². The Balaban J connectivity index is 2.23. The molecule has 0 aliphatic carbocycles. The Morgan fingerprint density at radius 1 is 1.14 bits per heavy atom. The molecule has 0 amide bonds. The lowest BCUT2D eigenvalue weighted by Gasteiger charge is -2.32. The second-order valence-corrected chi connectivity index (χ2v) is 6.94. The lowest BCUT2D eigenvalue weighted by atomic mass is 9.77. The Labute approximate surface area is 138 Å². The van der Waals surface area contributed by atoms with Gasteiger partial charge in [-0.2, -0.15) is 0 Å². The van der Waals surface area contributed by atoms with Crippen LogP contribution in [0.25, 0.3) is 6.08 Å². The first-order valence-electron chi connectivity index (χ1n) is 7.32. The molecule has 1 aromatic carbocycles. The van der Waals surface area contributed by atoms with Crippen molar-refractivity contribution in [1.29, 1.82) is 0 Å². The molecule has 6 heteroatoms. The van der Waals surface area contributed by atoms with Crippen LogP contribution in [0.4, 0.5) is 0 Å². The Hall–Kier alpha value is -1.21. The van der Waals surface area contributed by atoms with Crippen LogP contribution in [0.2, 0.25) is 0 Å². The number of rotatable bonds is 4. The van der Waals surface area contributed by atoms with Gasteiger partial charge in [0.15, 0.2) is 0 Å². The molecular formula is C16H23BN2O2S. The minimum atomic E-state index is -0.426. The van der Waals surface area contributed by atoms with Crippen molar-refractivity contribution in [3.8, 4) is 0 Å². The number of thiocarbonyl (C=S) groups is 1. The first-order valence-corrected chi connectivity index (χ1v) is 7.73. The van der Waals surface area contributed by atoms with E-state index in [2.05, 4.69) is 0 Å². The molecule has 22 heavy (non-hydrogen) atoms. The van der Waals surface area contributed by atoms with Crippen LogP contribution in [0.5, 0.6) is 0 Å². The largest absolute Gasteiger partial charge is 0.491 e. The summed E-state index contributed by atoms with van der Waals surface area (Å²) in [4.78, 5) is 0.389. The van der Waals surface area contributed by atoms with E-state index in [-0.39, 0.29) is 11.2 Å². The monoisotopic (exact) mass is 318 g/mol. The first kappa shape index (κ1) is 17.2. The zero-order valence-corrected chi connectivity index (χ0v) is 14.4. The Morgan fingerprint density at radius 2 is 1.64 bits per heavy atom. The molecule has 0 atom stereocenters. The van der Waals surface area contributed by atoms with Gasteiger partial charge in [-0.25, -0.2) is 0 Å². The maximum atomic E-state index is 6.04. The van der Waals surface area contributed by atoms with Gasteiger partial charge >= 0.3 is 7.12 Å². The maximum Gasteiger partial charge on any atom is 0.491 e. The van der Waals surface area contributed by atoms with E-state index in [1.807, 2.05) is 58.0 Å². The first-order chi connectivity index (χ1) is 10.2. The topological polar surface area (TPSA) is 70.5 Å². The van der Waals surface area contributed by atoms with Crippen LogP contribution < -0.4 is 11.5 Å². The van der Waals surface area contributed by atoms with Crippen molar-refractivity contribution < 1.29 is 9.31 Å². The fraction of sp³-hybridized carbons (Fsp3) is 0.438. The molecule has 4 N–H and O–H groups in total. The zero-order chi connectivity index (χ0) is 16.5. The van der Waals surface area contributed by atoms with Gasteiger partial charge in [0, 0.05) is 12.1 Å². The van der Waals surface area contributed by atoms with Crippen molar-refractivity contribution in [2.75, 3.05) is 6.54 Å². The molecule has 2 rings (SSSR count). The molecule has 0 aromatic heterocycles. The summed E-state index contributed by atoms with van der Waals surface area (Å²) in [5.41, 5.74) is 13.5. The van der Waals surface area contributed by atoms with E-state index < -0.39 is 7.12 Å². The molecule has 0 radical (unpaired) electrons. The van der Waals surface area contributed by atoms with E-state index in [0.717, 1.165) is 16.6 Å². The van der Waals surface area contributed by atoms with Gasteiger partial charge in [0.05, 0.1) is 11.2 Å². The predicted molar refractivity (Wildman–Crippen MR) is 95.4 cm³/mol. The summed E-state index contributed by atoms with van der Waals surface area (Å²) in [5.74, 6) is 0. The highest BCUT2D eigenvalue weighted by molar-refractivity contribution is 7.80. The number of hydrogen-bond donors (Lipinski definition) is 2. The van der Waals surface area contributed by atoms with E-state index in [0.29, 0.717) is 11.5 Å². The van der Waals surface area contributed by atoms with Gasteiger partial charge in [-0.05, 0) is 38.7 Å². The average Bonchev–Trinajstić information content (AvgIpc) is 2.65. The van der Waals surface area contributed by atoms with E-state index in [9.17, 15) is 0 Å². The molecule has 1 aliphatic heterocycles. The predicted octanol–water partition coefficient (Wildman–Crippen LogP) is 2.29. The van der Waals surface area contributed by atoms with E-state index in [1.165, 1.54) is 0 Å². The molecule has 1 aliphatic rings. The molecule has 0 unspecified atom stereocenters. The third-order valence-corrected chi connectivity index (χ3v) is 4.57. The molecule has 118 valence electrons. The highest BCUT2D eigenvalue weighted by Crippen LogP contribution is 2.38. The fourth-order valence-electron chi connectivity index (χ4n) is 2.18. The normalized spacial score (nSPS) is 20.2. The highest BCUT2D eigenvalue weighted by Gasteiger charge is 2.52. The van der Waals surface area contributed by atoms with Crippen molar-refractivity contribution in [2.24, 2.45) is 11.5 Å². The SMILES string of the molecule is CC1(C)OB(C(=Cc2ccc(C(N)=S)cc2)CN)OC1(C)C. The minimum Gasteiger partial charge on any atom is -0.400 e. The molecule has 1 fully saturated rings. The second kappa shape index (κ2) is 6.12. The lowest BCUT2D eigenvalue weighted by Crippen LogP contribution is -2.41. The molecular weight excluding hydrogens is 295 g/mol. The highest BCUT2D eigenvalue weighted by atomic mass is 32.1. The molecule has 0 bridgehead atoms. The molecule has 0 saturated carbocycles. The summed E-state index contributed by atoms with van der Waals surface area (Å²) in [6, 6.07) is 7.70. The van der Waals surface area contributed by atoms with Crippen LogP contribution >= 0.6 is 12.2 Å². The number of nitrogens with two attached hydrogens (primary N) is 2. The van der Waals surface area contributed by atoms with Crippen LogP contribution in [0, 0.1) is 0 Å². The molecule has 4 nitrogen and oxygen atoms in total. The van der Waals surface area contributed by atoms with Gasteiger partial charge in [0.1, 0.15) is 4.99 Å². The van der Waals surface area contributed by atoms with E-state index in [4.69, 9.17) is 33.0 Å². The Bertz CT molecular complexity index is 581. The van der Waals surface area contributed by atoms with E-state index >= 15 is 0 Å². The van der Waals surface area contributed by atoms with Crippen molar-refractivity contribution in [3.63, 3.8) is 0 Å². The van der Waals surface area contributed by atoms with Crippen molar-refractivity contribution >= 4 is 30.4 Å². The standard InChI is InChI=1S/C16H23BN2O2S/c1-15(2)16(3,4)21-17(20-15)13(10-18)9-11-5-7-12(8-6-11)14(19)22/h5-9H,10,18H2,1-4H3,(H2,19,22). The van der Waals surface area contributed by atoms with Crippen molar-refractivity contribution in [2.45, 2.75) is 38.9 Å². The molecule has 1 saturated heterocycles. The Kier molecular flexibility index (Phi) is 4.77. The minimum absolute atomic E-state index is 0.369. The van der Waals surface area contributed by atoms with Gasteiger partial charge < -0.3 is 20.8 Å². The van der Waals surface area contributed by atoms with Crippen LogP contribution in [-0.4, -0.2) is 29.9 Å². The summed E-state index contributed by atoms with van der Waals surface area (Å²) >= 11 is 4.96. The molecule has 0 spiro atoms. The zero-order valence-electron chi connectivity index (χ0n) is 13.6. The summed E-state index contributed by atoms with van der Waals surface area (Å²) < 4.78 is 12.1. The van der Waals surface area contributed by atoms with Gasteiger partial charge in [0.2, 0.25) is 0 Å². The van der Waals surface area contributed by atoms with Gasteiger partial charge in [0.25, 0.3) is 0 Å². The number of benzene rings is 1. The van der Waals surface area contributed by atoms with Crippen molar-refractivity contribution in [3.05, 3.63) is 40.9 Å². The Morgan fingerprint density at radius 3 is 2.05 bits per heavy atom. The summed E-state index contributed by atoms with van der Waals surface area (Å²) in [6.07, 6.45) is 1.99. The van der Waals surface area contributed by atoms with Gasteiger partial charge in [-0.3, -0.25) is 0 Å². The smallest absolute Gasteiger partial charge is 0.400 e. The van der Waals surface area contributed by atoms with Crippen LogP contribution in [0.15, 0.2) is 29.7 Å². The quantitative estimate of drug-likeness (QED) is 0.658. The van der Waals surface area contributed by atoms with Crippen LogP contribution in [-0.2, 0) is 9.31 Å². The van der Waals surface area contributed by atoms with Crippen LogP contribution in [0.1, 0.15) is 38.8 Å². The molecule has 1 heterocycles. The summed E-state index contributed by atoms with van der Waals surface area (Å²) in [5, 5.41) is 0.